The van der Waals surface area contributed by atoms with E-state index in [1.54, 1.807) is 6.92 Å². The number of hydrogen-bond acceptors (Lipinski definition) is 5. The zero-order chi connectivity index (χ0) is 12.5. The number of piperazine rings is 1. The molecule has 0 radical (unpaired) electrons. The number of imidazole rings is 1. The van der Waals surface area contributed by atoms with Crippen LogP contribution in [0.5, 0.6) is 0 Å². The lowest BCUT2D eigenvalue weighted by atomic mass is 10.2. The zero-order valence-corrected chi connectivity index (χ0v) is 10.5. The number of aromatic amines is 1. The Balaban J connectivity index is 2.30. The number of aromatic nitrogens is 2. The molecule has 8 heteroatoms. The molecule has 0 aromatic carbocycles. The van der Waals surface area contributed by atoms with Crippen LogP contribution in [0, 0.1) is 6.92 Å². The van der Waals surface area contributed by atoms with Crippen molar-refractivity contribution in [2.24, 2.45) is 5.73 Å². The minimum Gasteiger partial charge on any atom is -0.332 e. The Kier molecular flexibility index (Phi) is 3.48. The van der Waals surface area contributed by atoms with Crippen molar-refractivity contribution >= 4 is 10.0 Å². The molecule has 1 aliphatic heterocycles. The van der Waals surface area contributed by atoms with Gasteiger partial charge in [0, 0.05) is 32.2 Å². The average molecular weight is 259 g/mol. The Labute approximate surface area is 100 Å². The third-order valence-corrected chi connectivity index (χ3v) is 4.70. The molecule has 0 spiro atoms. The van der Waals surface area contributed by atoms with Crippen molar-refractivity contribution in [2.75, 3.05) is 26.2 Å². The average Bonchev–Trinajstić information content (AvgIpc) is 2.76. The van der Waals surface area contributed by atoms with Crippen molar-refractivity contribution in [1.29, 1.82) is 0 Å². The summed E-state index contributed by atoms with van der Waals surface area (Å²) >= 11 is 0. The van der Waals surface area contributed by atoms with Gasteiger partial charge in [0.1, 0.15) is 5.82 Å². The molecule has 1 fully saturated rings. The number of nitrogens with one attached hydrogen (secondary N) is 2. The lowest BCUT2D eigenvalue weighted by molar-refractivity contribution is 0.272. The smallest absolute Gasteiger partial charge is 0.260 e. The maximum atomic E-state index is 12.3. The van der Waals surface area contributed by atoms with Gasteiger partial charge in [-0.3, -0.25) is 0 Å². The third kappa shape index (κ3) is 2.34. The van der Waals surface area contributed by atoms with Crippen LogP contribution in [-0.2, 0) is 10.0 Å². The fourth-order valence-electron chi connectivity index (χ4n) is 1.92. The van der Waals surface area contributed by atoms with Crippen LogP contribution in [0.4, 0.5) is 0 Å². The molecule has 17 heavy (non-hydrogen) atoms. The quantitative estimate of drug-likeness (QED) is 0.622. The van der Waals surface area contributed by atoms with Crippen LogP contribution in [0.2, 0.25) is 0 Å². The van der Waals surface area contributed by atoms with Gasteiger partial charge in [-0.25, -0.2) is 13.4 Å². The number of aryl methyl sites for hydroxylation is 1. The van der Waals surface area contributed by atoms with Crippen LogP contribution >= 0.6 is 0 Å². The molecule has 2 heterocycles. The highest BCUT2D eigenvalue weighted by atomic mass is 32.2. The monoisotopic (exact) mass is 259 g/mol. The van der Waals surface area contributed by atoms with E-state index in [1.807, 2.05) is 0 Å². The molecule has 0 aliphatic carbocycles. The van der Waals surface area contributed by atoms with Crippen molar-refractivity contribution in [3.05, 3.63) is 12.0 Å². The van der Waals surface area contributed by atoms with Crippen molar-refractivity contribution < 1.29 is 8.42 Å². The van der Waals surface area contributed by atoms with Crippen LogP contribution in [0.1, 0.15) is 5.82 Å². The van der Waals surface area contributed by atoms with E-state index < -0.39 is 10.0 Å². The van der Waals surface area contributed by atoms with Gasteiger partial charge in [-0.15, -0.1) is 0 Å². The first-order valence-electron chi connectivity index (χ1n) is 5.50. The van der Waals surface area contributed by atoms with E-state index in [4.69, 9.17) is 5.73 Å². The summed E-state index contributed by atoms with van der Waals surface area (Å²) in [6.45, 7) is 3.69. The van der Waals surface area contributed by atoms with Crippen molar-refractivity contribution in [3.63, 3.8) is 0 Å². The molecule has 1 aromatic rings. The van der Waals surface area contributed by atoms with Crippen LogP contribution in [0.25, 0.3) is 0 Å². The Morgan fingerprint density at radius 1 is 1.65 bits per heavy atom. The molecular formula is C9H17N5O2S. The molecule has 1 atom stereocenters. The first kappa shape index (κ1) is 12.5. The molecule has 1 saturated heterocycles. The lowest BCUT2D eigenvalue weighted by Gasteiger charge is -2.33. The molecule has 2 rings (SSSR count). The second-order valence-electron chi connectivity index (χ2n) is 4.04. The maximum Gasteiger partial charge on any atom is 0.260 e. The predicted octanol–water partition coefficient (Wildman–Crippen LogP) is -1.36. The molecule has 0 amide bonds. The highest BCUT2D eigenvalue weighted by Gasteiger charge is 2.33. The Morgan fingerprint density at radius 3 is 3.00 bits per heavy atom. The van der Waals surface area contributed by atoms with Crippen molar-refractivity contribution in [3.8, 4) is 0 Å². The van der Waals surface area contributed by atoms with Crippen molar-refractivity contribution in [1.82, 2.24) is 19.6 Å². The van der Waals surface area contributed by atoms with E-state index >= 15 is 0 Å². The Hall–Kier alpha value is -0.960. The number of H-pyrrole nitrogens is 1. The van der Waals surface area contributed by atoms with E-state index in [-0.39, 0.29) is 11.1 Å². The molecular weight excluding hydrogens is 242 g/mol. The highest BCUT2D eigenvalue weighted by molar-refractivity contribution is 7.89. The fraction of sp³-hybridized carbons (Fsp3) is 0.667. The summed E-state index contributed by atoms with van der Waals surface area (Å²) in [5.41, 5.74) is 5.60. The molecule has 0 bridgehead atoms. The highest BCUT2D eigenvalue weighted by Crippen LogP contribution is 2.17. The van der Waals surface area contributed by atoms with Gasteiger partial charge in [0.25, 0.3) is 10.0 Å². The first-order valence-corrected chi connectivity index (χ1v) is 6.94. The van der Waals surface area contributed by atoms with Crippen molar-refractivity contribution in [2.45, 2.75) is 18.0 Å². The Morgan fingerprint density at radius 2 is 2.41 bits per heavy atom. The van der Waals surface area contributed by atoms with Gasteiger partial charge >= 0.3 is 0 Å². The number of nitrogens with zero attached hydrogens (tertiary/aromatic N) is 2. The van der Waals surface area contributed by atoms with E-state index in [2.05, 4.69) is 15.3 Å². The Bertz CT molecular complexity index is 483. The minimum absolute atomic E-state index is 0.135. The summed E-state index contributed by atoms with van der Waals surface area (Å²) in [5, 5.41) is 3.27. The number of nitrogens with two attached hydrogens (primary N) is 1. The molecule has 7 nitrogen and oxygen atoms in total. The summed E-state index contributed by atoms with van der Waals surface area (Å²) in [5.74, 6) is 0.586. The number of rotatable bonds is 3. The van der Waals surface area contributed by atoms with Gasteiger partial charge in [0.2, 0.25) is 0 Å². The SMILES string of the molecule is Cc1ncc(S(=O)(=O)N2CCNCC2CN)[nH]1. The van der Waals surface area contributed by atoms with Gasteiger partial charge in [-0.1, -0.05) is 0 Å². The third-order valence-electron chi connectivity index (χ3n) is 2.83. The topological polar surface area (TPSA) is 104 Å². The molecule has 0 saturated carbocycles. The van der Waals surface area contributed by atoms with Crippen LogP contribution < -0.4 is 11.1 Å². The summed E-state index contributed by atoms with van der Waals surface area (Å²) in [7, 11) is -3.51. The van der Waals surface area contributed by atoms with Crippen LogP contribution in [0.15, 0.2) is 11.2 Å². The van der Waals surface area contributed by atoms with E-state index in [0.717, 1.165) is 0 Å². The van der Waals surface area contributed by atoms with Gasteiger partial charge in [-0.2, -0.15) is 4.31 Å². The normalized spacial score (nSPS) is 22.8. The van der Waals surface area contributed by atoms with E-state index in [9.17, 15) is 8.42 Å². The summed E-state index contributed by atoms with van der Waals surface area (Å²) in [6.07, 6.45) is 1.35. The zero-order valence-electron chi connectivity index (χ0n) is 9.68. The fourth-order valence-corrected chi connectivity index (χ4v) is 3.52. The standard InChI is InChI=1S/C9H17N5O2S/c1-7-12-6-9(13-7)17(15,16)14-3-2-11-5-8(14)4-10/h6,8,11H,2-5,10H2,1H3,(H,12,13). The molecule has 1 aliphatic rings. The summed E-state index contributed by atoms with van der Waals surface area (Å²) in [4.78, 5) is 6.68. The van der Waals surface area contributed by atoms with Gasteiger partial charge < -0.3 is 16.0 Å². The summed E-state index contributed by atoms with van der Waals surface area (Å²) in [6, 6.07) is -0.197. The lowest BCUT2D eigenvalue weighted by Crippen LogP contribution is -2.56. The van der Waals surface area contributed by atoms with Crippen LogP contribution in [0.3, 0.4) is 0 Å². The molecule has 4 N–H and O–H groups in total. The molecule has 1 unspecified atom stereocenters. The van der Waals surface area contributed by atoms with Gasteiger partial charge in [-0.05, 0) is 6.92 Å². The molecule has 1 aromatic heterocycles. The number of sulfonamides is 1. The van der Waals surface area contributed by atoms with Gasteiger partial charge in [0.15, 0.2) is 5.03 Å². The van der Waals surface area contributed by atoms with E-state index in [1.165, 1.54) is 10.5 Å². The van der Waals surface area contributed by atoms with E-state index in [0.29, 0.717) is 32.0 Å². The first-order chi connectivity index (χ1) is 8.05. The second kappa shape index (κ2) is 4.73. The maximum absolute atomic E-state index is 12.3. The van der Waals surface area contributed by atoms with Crippen LogP contribution in [-0.4, -0.2) is 54.9 Å². The summed E-state index contributed by atoms with van der Waals surface area (Å²) < 4.78 is 26.1. The second-order valence-corrected chi connectivity index (χ2v) is 5.90. The van der Waals surface area contributed by atoms with Gasteiger partial charge in [0.05, 0.1) is 6.20 Å². The largest absolute Gasteiger partial charge is 0.332 e. The number of hydrogen-bond donors (Lipinski definition) is 3. The molecule has 96 valence electrons. The minimum atomic E-state index is -3.51. The predicted molar refractivity (Wildman–Crippen MR) is 62.9 cm³/mol.